The number of hydrogen-bond donors (Lipinski definition) is 0. The summed E-state index contributed by atoms with van der Waals surface area (Å²) in [4.78, 5) is 11.8. The van der Waals surface area contributed by atoms with Gasteiger partial charge in [0.2, 0.25) is 0 Å². The third-order valence-electron chi connectivity index (χ3n) is 4.40. The van der Waals surface area contributed by atoms with E-state index in [-0.39, 0.29) is 12.0 Å². The molecule has 132 valence electrons. The van der Waals surface area contributed by atoms with Crippen molar-refractivity contribution < 1.29 is 14.3 Å². The van der Waals surface area contributed by atoms with Crippen LogP contribution in [0.15, 0.2) is 84.9 Å². The van der Waals surface area contributed by atoms with Crippen molar-refractivity contribution in [3.63, 3.8) is 0 Å². The van der Waals surface area contributed by atoms with Crippen LogP contribution in [0.5, 0.6) is 11.5 Å². The maximum absolute atomic E-state index is 11.8. The summed E-state index contributed by atoms with van der Waals surface area (Å²) in [6.45, 7) is 4.25. The number of carbonyl (C=O) groups is 1. The number of benzene rings is 3. The van der Waals surface area contributed by atoms with Crippen LogP contribution in [0.4, 0.5) is 0 Å². The highest BCUT2D eigenvalue weighted by Crippen LogP contribution is 2.32. The fourth-order valence-corrected chi connectivity index (χ4v) is 2.78. The third kappa shape index (κ3) is 4.31. The lowest BCUT2D eigenvalue weighted by Gasteiger charge is -2.26. The molecule has 0 aliphatic heterocycles. The Kier molecular flexibility index (Phi) is 5.37. The lowest BCUT2D eigenvalue weighted by atomic mass is 9.78. The van der Waals surface area contributed by atoms with Crippen molar-refractivity contribution in [2.75, 3.05) is 6.61 Å². The largest absolute Gasteiger partial charge is 0.482 e. The topological polar surface area (TPSA) is 35.5 Å². The van der Waals surface area contributed by atoms with Gasteiger partial charge in [-0.05, 0) is 35.4 Å². The Balaban J connectivity index is 1.60. The minimum absolute atomic E-state index is 0.105. The zero-order valence-corrected chi connectivity index (χ0v) is 15.0. The van der Waals surface area contributed by atoms with Crippen molar-refractivity contribution in [2.45, 2.75) is 19.3 Å². The van der Waals surface area contributed by atoms with Crippen LogP contribution in [-0.4, -0.2) is 12.6 Å². The molecule has 3 aromatic rings. The van der Waals surface area contributed by atoms with Crippen molar-refractivity contribution in [1.29, 1.82) is 0 Å². The maximum Gasteiger partial charge on any atom is 0.349 e. The van der Waals surface area contributed by atoms with Gasteiger partial charge in [-0.15, -0.1) is 0 Å². The van der Waals surface area contributed by atoms with Gasteiger partial charge in [-0.2, -0.15) is 0 Å². The number of carbonyl (C=O) groups excluding carboxylic acids is 1. The van der Waals surface area contributed by atoms with Crippen molar-refractivity contribution in [1.82, 2.24) is 0 Å². The van der Waals surface area contributed by atoms with E-state index in [0.29, 0.717) is 11.5 Å². The summed E-state index contributed by atoms with van der Waals surface area (Å²) < 4.78 is 10.7. The van der Waals surface area contributed by atoms with Crippen LogP contribution < -0.4 is 9.47 Å². The Morgan fingerprint density at radius 2 is 1.27 bits per heavy atom. The summed E-state index contributed by atoms with van der Waals surface area (Å²) in [6.07, 6.45) is 0. The van der Waals surface area contributed by atoms with E-state index >= 15 is 0 Å². The quantitative estimate of drug-likeness (QED) is 0.465. The van der Waals surface area contributed by atoms with Gasteiger partial charge < -0.3 is 9.47 Å². The average molecular weight is 346 g/mol. The molecule has 0 fully saturated rings. The van der Waals surface area contributed by atoms with Crippen molar-refractivity contribution in [2.24, 2.45) is 0 Å². The average Bonchev–Trinajstić information content (AvgIpc) is 2.68. The smallest absolute Gasteiger partial charge is 0.349 e. The molecule has 0 unspecified atom stereocenters. The number of rotatable bonds is 6. The second-order valence-corrected chi connectivity index (χ2v) is 6.59. The Morgan fingerprint density at radius 1 is 0.731 bits per heavy atom. The fourth-order valence-electron chi connectivity index (χ4n) is 2.78. The predicted octanol–water partition coefficient (Wildman–Crippen LogP) is 5.00. The monoisotopic (exact) mass is 346 g/mol. The molecular weight excluding hydrogens is 324 g/mol. The van der Waals surface area contributed by atoms with Crippen molar-refractivity contribution >= 4 is 5.97 Å². The lowest BCUT2D eigenvalue weighted by molar-refractivity contribution is -0.136. The predicted molar refractivity (Wildman–Crippen MR) is 103 cm³/mol. The molecule has 3 nitrogen and oxygen atoms in total. The lowest BCUT2D eigenvalue weighted by Crippen LogP contribution is -2.19. The molecule has 26 heavy (non-hydrogen) atoms. The number of ether oxygens (including phenoxy) is 2. The van der Waals surface area contributed by atoms with Gasteiger partial charge in [-0.3, -0.25) is 0 Å². The van der Waals surface area contributed by atoms with E-state index in [1.165, 1.54) is 11.1 Å². The van der Waals surface area contributed by atoms with Gasteiger partial charge in [0.15, 0.2) is 6.61 Å². The van der Waals surface area contributed by atoms with Crippen LogP contribution in [0.25, 0.3) is 0 Å². The molecule has 0 heterocycles. The van der Waals surface area contributed by atoms with Gasteiger partial charge >= 0.3 is 5.97 Å². The first-order valence-corrected chi connectivity index (χ1v) is 8.60. The zero-order valence-electron chi connectivity index (χ0n) is 15.0. The molecule has 0 aromatic heterocycles. The first kappa shape index (κ1) is 17.7. The molecule has 0 aliphatic rings. The Bertz CT molecular complexity index is 838. The molecule has 3 aromatic carbocycles. The minimum Gasteiger partial charge on any atom is -0.482 e. The summed E-state index contributed by atoms with van der Waals surface area (Å²) in [5.41, 5.74) is 2.33. The van der Waals surface area contributed by atoms with E-state index in [1.807, 2.05) is 60.7 Å². The molecule has 0 amide bonds. The van der Waals surface area contributed by atoms with Gasteiger partial charge in [0.1, 0.15) is 11.5 Å². The fraction of sp³-hybridized carbons (Fsp3) is 0.174. The molecule has 3 rings (SSSR count). The molecule has 0 radical (unpaired) electrons. The summed E-state index contributed by atoms with van der Waals surface area (Å²) in [7, 11) is 0. The normalized spacial score (nSPS) is 11.0. The van der Waals surface area contributed by atoms with Crippen molar-refractivity contribution in [3.05, 3.63) is 96.1 Å². The molecule has 0 saturated heterocycles. The summed E-state index contributed by atoms with van der Waals surface area (Å²) >= 11 is 0. The third-order valence-corrected chi connectivity index (χ3v) is 4.40. The number of para-hydroxylation sites is 1. The SMILES string of the molecule is CC(C)(c1ccccc1)c1ccc(OCC(=O)Oc2ccccc2)cc1. The summed E-state index contributed by atoms with van der Waals surface area (Å²) in [5, 5.41) is 0. The highest BCUT2D eigenvalue weighted by atomic mass is 16.6. The summed E-state index contributed by atoms with van der Waals surface area (Å²) in [5.74, 6) is 0.730. The van der Waals surface area contributed by atoms with Gasteiger partial charge in [-0.25, -0.2) is 4.79 Å². The number of esters is 1. The van der Waals surface area contributed by atoms with Crippen LogP contribution in [0.3, 0.4) is 0 Å². The summed E-state index contributed by atoms with van der Waals surface area (Å²) in [6, 6.07) is 27.2. The van der Waals surface area contributed by atoms with E-state index in [1.54, 1.807) is 12.1 Å². The minimum atomic E-state index is -0.426. The van der Waals surface area contributed by atoms with Crippen LogP contribution in [0, 0.1) is 0 Å². The van der Waals surface area contributed by atoms with E-state index in [0.717, 1.165) is 0 Å². The maximum atomic E-state index is 11.8. The highest BCUT2D eigenvalue weighted by molar-refractivity contribution is 5.73. The van der Waals surface area contributed by atoms with Gasteiger partial charge in [0, 0.05) is 5.41 Å². The Labute approximate surface area is 154 Å². The molecular formula is C23H22O3. The number of hydrogen-bond acceptors (Lipinski definition) is 3. The van der Waals surface area contributed by atoms with Gasteiger partial charge in [0.25, 0.3) is 0 Å². The van der Waals surface area contributed by atoms with E-state index in [4.69, 9.17) is 9.47 Å². The van der Waals surface area contributed by atoms with E-state index in [2.05, 4.69) is 26.0 Å². The molecule has 0 saturated carbocycles. The first-order valence-electron chi connectivity index (χ1n) is 8.60. The Hall–Kier alpha value is -3.07. The first-order chi connectivity index (χ1) is 12.6. The van der Waals surface area contributed by atoms with Gasteiger partial charge in [-0.1, -0.05) is 74.5 Å². The molecule has 0 bridgehead atoms. The Morgan fingerprint density at radius 3 is 1.88 bits per heavy atom. The van der Waals surface area contributed by atoms with Crippen LogP contribution in [0.2, 0.25) is 0 Å². The second kappa shape index (κ2) is 7.87. The van der Waals surface area contributed by atoms with Crippen LogP contribution in [-0.2, 0) is 10.2 Å². The van der Waals surface area contributed by atoms with Gasteiger partial charge in [0.05, 0.1) is 0 Å². The molecule has 3 heteroatoms. The molecule has 0 spiro atoms. The molecule has 0 atom stereocenters. The standard InChI is InChI=1S/C23H22O3/c1-23(2,18-9-5-3-6-10-18)19-13-15-20(16-14-19)25-17-22(24)26-21-11-7-4-8-12-21/h3-16H,17H2,1-2H3. The van der Waals surface area contributed by atoms with E-state index < -0.39 is 5.97 Å². The zero-order chi connectivity index (χ0) is 18.4. The second-order valence-electron chi connectivity index (χ2n) is 6.59. The highest BCUT2D eigenvalue weighted by Gasteiger charge is 2.22. The molecule has 0 N–H and O–H groups in total. The molecule has 0 aliphatic carbocycles. The van der Waals surface area contributed by atoms with Crippen LogP contribution >= 0.6 is 0 Å². The van der Waals surface area contributed by atoms with Crippen molar-refractivity contribution in [3.8, 4) is 11.5 Å². The van der Waals surface area contributed by atoms with Crippen LogP contribution in [0.1, 0.15) is 25.0 Å². The van der Waals surface area contributed by atoms with E-state index in [9.17, 15) is 4.79 Å².